The Labute approximate surface area is 171 Å². The second kappa shape index (κ2) is 11.5. The molecule has 0 fully saturated rings. The molecule has 0 aromatic heterocycles. The maximum absolute atomic E-state index is 12.0. The van der Waals surface area contributed by atoms with Crippen molar-refractivity contribution in [3.8, 4) is 11.5 Å². The van der Waals surface area contributed by atoms with Gasteiger partial charge in [0.1, 0.15) is 11.5 Å². The van der Waals surface area contributed by atoms with Crippen LogP contribution in [0.2, 0.25) is 0 Å². The Bertz CT molecular complexity index is 843. The molecule has 0 saturated carbocycles. The van der Waals surface area contributed by atoms with Gasteiger partial charge in [-0.15, -0.1) is 0 Å². The minimum Gasteiger partial charge on any atom is -0.497 e. The molecule has 2 aromatic rings. The fourth-order valence-electron chi connectivity index (χ4n) is 2.63. The third kappa shape index (κ3) is 7.33. The fourth-order valence-corrected chi connectivity index (χ4v) is 2.63. The highest BCUT2D eigenvalue weighted by Crippen LogP contribution is 2.25. The van der Waals surface area contributed by atoms with Crippen LogP contribution in [-0.2, 0) is 20.7 Å². The Morgan fingerprint density at radius 1 is 1.03 bits per heavy atom. The second-order valence-electron chi connectivity index (χ2n) is 6.40. The number of unbranched alkanes of at least 4 members (excludes halogenated alkanes) is 1. The van der Waals surface area contributed by atoms with E-state index in [2.05, 4.69) is 12.2 Å². The number of methoxy groups -OCH3 is 2. The first-order valence-electron chi connectivity index (χ1n) is 9.51. The summed E-state index contributed by atoms with van der Waals surface area (Å²) in [6.07, 6.45) is 6.11. The van der Waals surface area contributed by atoms with Crippen LogP contribution in [0.25, 0.3) is 6.08 Å². The molecule has 6 heteroatoms. The number of hydrogen-bond acceptors (Lipinski definition) is 5. The second-order valence-corrected chi connectivity index (χ2v) is 6.40. The van der Waals surface area contributed by atoms with Crippen LogP contribution in [0.1, 0.15) is 30.9 Å². The van der Waals surface area contributed by atoms with Crippen LogP contribution >= 0.6 is 0 Å². The van der Waals surface area contributed by atoms with E-state index in [0.717, 1.165) is 19.3 Å². The number of rotatable bonds is 10. The molecule has 6 nitrogen and oxygen atoms in total. The fraction of sp³-hybridized carbons (Fsp3) is 0.304. The third-order valence-corrected chi connectivity index (χ3v) is 4.24. The lowest BCUT2D eigenvalue weighted by molar-refractivity contribution is -0.142. The van der Waals surface area contributed by atoms with Crippen molar-refractivity contribution >= 4 is 23.6 Å². The largest absolute Gasteiger partial charge is 0.497 e. The molecular weight excluding hydrogens is 370 g/mol. The first-order valence-corrected chi connectivity index (χ1v) is 9.51. The number of hydrogen-bond donors (Lipinski definition) is 1. The van der Waals surface area contributed by atoms with Gasteiger partial charge in [-0.1, -0.05) is 25.5 Å². The predicted molar refractivity (Wildman–Crippen MR) is 113 cm³/mol. The molecule has 0 aliphatic heterocycles. The summed E-state index contributed by atoms with van der Waals surface area (Å²) in [5, 5.41) is 2.71. The molecule has 0 bridgehead atoms. The molecule has 0 aliphatic carbocycles. The molecule has 154 valence electrons. The molecule has 2 rings (SSSR count). The molecule has 1 N–H and O–H groups in total. The van der Waals surface area contributed by atoms with E-state index in [-0.39, 0.29) is 6.61 Å². The molecule has 29 heavy (non-hydrogen) atoms. The summed E-state index contributed by atoms with van der Waals surface area (Å²) >= 11 is 0. The topological polar surface area (TPSA) is 73.9 Å². The standard InChI is InChI=1S/C23H27NO5/c1-4-5-6-17-7-11-19(12-8-17)24-22(25)16-29-23(26)14-10-18-9-13-20(27-2)15-21(18)28-3/h7-15H,4-6,16H2,1-3H3,(H,24,25). The summed E-state index contributed by atoms with van der Waals surface area (Å²) in [4.78, 5) is 23.9. The minimum absolute atomic E-state index is 0.361. The van der Waals surface area contributed by atoms with Crippen LogP contribution in [0.3, 0.4) is 0 Å². The Morgan fingerprint density at radius 3 is 2.45 bits per heavy atom. The van der Waals surface area contributed by atoms with Gasteiger partial charge in [-0.2, -0.15) is 0 Å². The first-order chi connectivity index (χ1) is 14.0. The van der Waals surface area contributed by atoms with Crippen LogP contribution < -0.4 is 14.8 Å². The Hall–Kier alpha value is -3.28. The molecule has 0 atom stereocenters. The summed E-state index contributed by atoms with van der Waals surface area (Å²) in [6, 6.07) is 12.9. The summed E-state index contributed by atoms with van der Waals surface area (Å²) in [6.45, 7) is 1.79. The van der Waals surface area contributed by atoms with Gasteiger partial charge in [0.25, 0.3) is 5.91 Å². The van der Waals surface area contributed by atoms with Crippen molar-refractivity contribution < 1.29 is 23.8 Å². The Balaban J connectivity index is 1.82. The van der Waals surface area contributed by atoms with Crippen molar-refractivity contribution in [1.82, 2.24) is 0 Å². The lowest BCUT2D eigenvalue weighted by Gasteiger charge is -2.08. The van der Waals surface area contributed by atoms with Crippen LogP contribution in [0.4, 0.5) is 5.69 Å². The Morgan fingerprint density at radius 2 is 1.79 bits per heavy atom. The quantitative estimate of drug-likeness (QED) is 0.479. The average Bonchev–Trinajstić information content (AvgIpc) is 2.75. The van der Waals surface area contributed by atoms with Crippen molar-refractivity contribution in [3.05, 3.63) is 59.7 Å². The maximum Gasteiger partial charge on any atom is 0.331 e. The Kier molecular flexibility index (Phi) is 8.76. The van der Waals surface area contributed by atoms with Crippen molar-refractivity contribution in [3.63, 3.8) is 0 Å². The van der Waals surface area contributed by atoms with Crippen LogP contribution in [0.15, 0.2) is 48.5 Å². The molecule has 0 heterocycles. The molecule has 0 unspecified atom stereocenters. The monoisotopic (exact) mass is 397 g/mol. The smallest absolute Gasteiger partial charge is 0.331 e. The number of carbonyl (C=O) groups is 2. The van der Waals surface area contributed by atoms with Crippen molar-refractivity contribution in [2.75, 3.05) is 26.1 Å². The zero-order valence-electron chi connectivity index (χ0n) is 17.1. The van der Waals surface area contributed by atoms with Crippen LogP contribution in [0.5, 0.6) is 11.5 Å². The van der Waals surface area contributed by atoms with Gasteiger partial charge in [-0.3, -0.25) is 4.79 Å². The number of esters is 1. The van der Waals surface area contributed by atoms with Gasteiger partial charge in [0.15, 0.2) is 6.61 Å². The summed E-state index contributed by atoms with van der Waals surface area (Å²) in [7, 11) is 3.10. The SMILES string of the molecule is CCCCc1ccc(NC(=O)COC(=O)C=Cc2ccc(OC)cc2OC)cc1. The van der Waals surface area contributed by atoms with Crippen molar-refractivity contribution in [2.45, 2.75) is 26.2 Å². The highest BCUT2D eigenvalue weighted by atomic mass is 16.5. The van der Waals surface area contributed by atoms with Gasteiger partial charge in [0.05, 0.1) is 14.2 Å². The zero-order valence-corrected chi connectivity index (χ0v) is 17.1. The predicted octanol–water partition coefficient (Wildman–Crippen LogP) is 4.24. The summed E-state index contributed by atoms with van der Waals surface area (Å²) in [5.41, 5.74) is 2.60. The van der Waals surface area contributed by atoms with E-state index in [9.17, 15) is 9.59 Å². The van der Waals surface area contributed by atoms with Gasteiger partial charge in [-0.25, -0.2) is 4.79 Å². The first kappa shape index (κ1) is 22.0. The molecule has 1 amide bonds. The molecule has 0 aliphatic rings. The number of nitrogens with one attached hydrogen (secondary N) is 1. The maximum atomic E-state index is 12.0. The average molecular weight is 397 g/mol. The van der Waals surface area contributed by atoms with Gasteiger partial charge in [0, 0.05) is 23.4 Å². The van der Waals surface area contributed by atoms with E-state index >= 15 is 0 Å². The third-order valence-electron chi connectivity index (χ3n) is 4.24. The lowest BCUT2D eigenvalue weighted by Crippen LogP contribution is -2.20. The molecule has 0 saturated heterocycles. The molecule has 0 spiro atoms. The van der Waals surface area contributed by atoms with E-state index in [1.54, 1.807) is 31.4 Å². The zero-order chi connectivity index (χ0) is 21.1. The van der Waals surface area contributed by atoms with E-state index < -0.39 is 11.9 Å². The highest BCUT2D eigenvalue weighted by Gasteiger charge is 2.07. The number of carbonyl (C=O) groups excluding carboxylic acids is 2. The van der Waals surface area contributed by atoms with Gasteiger partial charge < -0.3 is 19.5 Å². The van der Waals surface area contributed by atoms with Crippen molar-refractivity contribution in [2.24, 2.45) is 0 Å². The van der Waals surface area contributed by atoms with E-state index in [0.29, 0.717) is 22.7 Å². The van der Waals surface area contributed by atoms with Crippen LogP contribution in [-0.4, -0.2) is 32.7 Å². The normalized spacial score (nSPS) is 10.6. The van der Waals surface area contributed by atoms with Gasteiger partial charge in [-0.05, 0) is 48.7 Å². The van der Waals surface area contributed by atoms with Gasteiger partial charge in [0.2, 0.25) is 0 Å². The number of anilines is 1. The molecule has 2 aromatic carbocycles. The summed E-state index contributed by atoms with van der Waals surface area (Å²) in [5.74, 6) is 0.202. The van der Waals surface area contributed by atoms with Crippen LogP contribution in [0, 0.1) is 0 Å². The molecular formula is C23H27NO5. The van der Waals surface area contributed by atoms with Gasteiger partial charge >= 0.3 is 5.97 Å². The van der Waals surface area contributed by atoms with E-state index in [1.807, 2.05) is 24.3 Å². The van der Waals surface area contributed by atoms with E-state index in [4.69, 9.17) is 14.2 Å². The number of benzene rings is 2. The minimum atomic E-state index is -0.618. The number of amides is 1. The summed E-state index contributed by atoms with van der Waals surface area (Å²) < 4.78 is 15.4. The van der Waals surface area contributed by atoms with E-state index in [1.165, 1.54) is 18.7 Å². The molecule has 0 radical (unpaired) electrons. The number of aryl methyl sites for hydroxylation is 1. The van der Waals surface area contributed by atoms with Crippen molar-refractivity contribution in [1.29, 1.82) is 0 Å². The lowest BCUT2D eigenvalue weighted by atomic mass is 10.1. The number of ether oxygens (including phenoxy) is 3. The highest BCUT2D eigenvalue weighted by molar-refractivity contribution is 5.94.